The molecule has 0 radical (unpaired) electrons. The third-order valence-corrected chi connectivity index (χ3v) is 2.83. The molecule has 1 aromatic rings. The lowest BCUT2D eigenvalue weighted by atomic mass is 10.1. The van der Waals surface area contributed by atoms with Crippen LogP contribution in [-0.2, 0) is 4.74 Å². The summed E-state index contributed by atoms with van der Waals surface area (Å²) in [5, 5.41) is 11.6. The van der Waals surface area contributed by atoms with Gasteiger partial charge in [0.05, 0.1) is 11.7 Å². The largest absolute Gasteiger partial charge is 0.474 e. The molecule has 0 aliphatic carbocycles. The Balaban J connectivity index is 2.00. The number of aromatic nitrogens is 1. The minimum absolute atomic E-state index is 0.0114. The van der Waals surface area contributed by atoms with Gasteiger partial charge in [0.1, 0.15) is 6.61 Å². The first-order valence-electron chi connectivity index (χ1n) is 5.98. The van der Waals surface area contributed by atoms with Crippen molar-refractivity contribution >= 4 is 5.84 Å². The van der Waals surface area contributed by atoms with Gasteiger partial charge in [-0.25, -0.2) is 4.98 Å². The minimum Gasteiger partial charge on any atom is -0.474 e. The highest BCUT2D eigenvalue weighted by molar-refractivity contribution is 5.98. The molecule has 0 aromatic carbocycles. The highest BCUT2D eigenvalue weighted by atomic mass is 16.5. The molecule has 98 valence electrons. The zero-order valence-electron chi connectivity index (χ0n) is 10.1. The van der Waals surface area contributed by atoms with Crippen molar-refractivity contribution in [3.8, 4) is 5.88 Å². The molecule has 2 heterocycles. The predicted molar refractivity (Wildman–Crippen MR) is 65.8 cm³/mol. The van der Waals surface area contributed by atoms with Crippen LogP contribution in [0.2, 0.25) is 0 Å². The van der Waals surface area contributed by atoms with Gasteiger partial charge < -0.3 is 20.4 Å². The first kappa shape index (κ1) is 12.6. The lowest BCUT2D eigenvalue weighted by molar-refractivity contribution is -0.0119. The zero-order chi connectivity index (χ0) is 12.8. The van der Waals surface area contributed by atoms with Crippen LogP contribution in [0.3, 0.4) is 0 Å². The second-order valence-electron chi connectivity index (χ2n) is 4.14. The second-order valence-corrected chi connectivity index (χ2v) is 4.14. The average Bonchev–Trinajstić information content (AvgIpc) is 2.45. The zero-order valence-corrected chi connectivity index (χ0v) is 10.1. The number of hydrogen-bond donors (Lipinski definition) is 2. The van der Waals surface area contributed by atoms with Crippen molar-refractivity contribution in [2.75, 3.05) is 13.2 Å². The number of nitrogens with zero attached hydrogens (tertiary/aromatic N) is 2. The first-order valence-corrected chi connectivity index (χ1v) is 5.98. The number of oxime groups is 1. The number of pyridine rings is 1. The number of ether oxygens (including phenoxy) is 2. The van der Waals surface area contributed by atoms with Gasteiger partial charge in [-0.2, -0.15) is 0 Å². The molecule has 0 amide bonds. The molecule has 0 saturated carbocycles. The number of nitrogens with two attached hydrogens (primary N) is 1. The van der Waals surface area contributed by atoms with Crippen LogP contribution in [0.4, 0.5) is 0 Å². The minimum atomic E-state index is -0.0114. The van der Waals surface area contributed by atoms with E-state index in [1.54, 1.807) is 18.3 Å². The van der Waals surface area contributed by atoms with E-state index in [-0.39, 0.29) is 11.9 Å². The lowest BCUT2D eigenvalue weighted by Gasteiger charge is -2.22. The van der Waals surface area contributed by atoms with Crippen molar-refractivity contribution in [3.63, 3.8) is 0 Å². The summed E-state index contributed by atoms with van der Waals surface area (Å²) < 4.78 is 11.2. The summed E-state index contributed by atoms with van der Waals surface area (Å²) in [6, 6.07) is 3.40. The Morgan fingerprint density at radius 1 is 1.61 bits per heavy atom. The molecule has 2 rings (SSSR count). The molecule has 1 aromatic heterocycles. The monoisotopic (exact) mass is 251 g/mol. The highest BCUT2D eigenvalue weighted by Gasteiger charge is 2.16. The molecule has 6 nitrogen and oxygen atoms in total. The standard InChI is InChI=1S/C12H17N3O3/c13-11(15-16)10-5-3-6-14-12(10)18-8-9-4-1-2-7-17-9/h3,5-6,9,16H,1-2,4,7-8H2,(H2,13,15). The topological polar surface area (TPSA) is 90.0 Å². The van der Waals surface area contributed by atoms with Crippen LogP contribution in [0.5, 0.6) is 5.88 Å². The lowest BCUT2D eigenvalue weighted by Crippen LogP contribution is -2.26. The van der Waals surface area contributed by atoms with Gasteiger partial charge in [-0.3, -0.25) is 0 Å². The summed E-state index contributed by atoms with van der Waals surface area (Å²) in [5.74, 6) is 0.352. The normalized spacial score (nSPS) is 20.7. The Bertz CT molecular complexity index is 417. The van der Waals surface area contributed by atoms with Gasteiger partial charge in [-0.1, -0.05) is 5.16 Å². The van der Waals surface area contributed by atoms with E-state index in [4.69, 9.17) is 20.4 Å². The van der Waals surface area contributed by atoms with E-state index in [0.717, 1.165) is 25.9 Å². The van der Waals surface area contributed by atoms with Crippen LogP contribution in [0, 0.1) is 0 Å². The SMILES string of the molecule is N/C(=N\O)c1cccnc1OCC1CCCCO1. The van der Waals surface area contributed by atoms with Crippen LogP contribution < -0.4 is 10.5 Å². The molecule has 1 unspecified atom stereocenters. The maximum Gasteiger partial charge on any atom is 0.224 e. The molecule has 0 spiro atoms. The summed E-state index contributed by atoms with van der Waals surface area (Å²) in [6.45, 7) is 1.21. The van der Waals surface area contributed by atoms with E-state index in [0.29, 0.717) is 18.1 Å². The summed E-state index contributed by atoms with van der Waals surface area (Å²) >= 11 is 0. The Morgan fingerprint density at radius 2 is 2.50 bits per heavy atom. The highest BCUT2D eigenvalue weighted by Crippen LogP contribution is 2.17. The van der Waals surface area contributed by atoms with Crippen LogP contribution in [0.1, 0.15) is 24.8 Å². The van der Waals surface area contributed by atoms with Crippen molar-refractivity contribution in [2.45, 2.75) is 25.4 Å². The van der Waals surface area contributed by atoms with Gasteiger partial charge in [0.25, 0.3) is 0 Å². The summed E-state index contributed by atoms with van der Waals surface area (Å²) in [7, 11) is 0. The van der Waals surface area contributed by atoms with Gasteiger partial charge in [-0.15, -0.1) is 0 Å². The van der Waals surface area contributed by atoms with Gasteiger partial charge in [0, 0.05) is 12.8 Å². The van der Waals surface area contributed by atoms with Crippen molar-refractivity contribution in [1.82, 2.24) is 4.98 Å². The Labute approximate surface area is 105 Å². The molecule has 18 heavy (non-hydrogen) atoms. The van der Waals surface area contributed by atoms with Gasteiger partial charge >= 0.3 is 0 Å². The van der Waals surface area contributed by atoms with Crippen LogP contribution in [-0.4, -0.2) is 35.3 Å². The predicted octanol–water partition coefficient (Wildman–Crippen LogP) is 1.12. The maximum atomic E-state index is 8.68. The Kier molecular flexibility index (Phi) is 4.35. The van der Waals surface area contributed by atoms with Gasteiger partial charge in [0.15, 0.2) is 5.84 Å². The summed E-state index contributed by atoms with van der Waals surface area (Å²) in [6.07, 6.45) is 4.95. The Morgan fingerprint density at radius 3 is 3.22 bits per heavy atom. The van der Waals surface area contributed by atoms with E-state index in [1.807, 2.05) is 0 Å². The molecule has 1 fully saturated rings. The van der Waals surface area contributed by atoms with Crippen molar-refractivity contribution < 1.29 is 14.7 Å². The summed E-state index contributed by atoms with van der Waals surface area (Å²) in [5.41, 5.74) is 6.03. The number of hydrogen-bond acceptors (Lipinski definition) is 5. The van der Waals surface area contributed by atoms with Crippen molar-refractivity contribution in [2.24, 2.45) is 10.9 Å². The first-order chi connectivity index (χ1) is 8.81. The van der Waals surface area contributed by atoms with E-state index in [9.17, 15) is 0 Å². The number of amidine groups is 1. The molecule has 1 atom stereocenters. The fourth-order valence-corrected chi connectivity index (χ4v) is 1.87. The fourth-order valence-electron chi connectivity index (χ4n) is 1.87. The fraction of sp³-hybridized carbons (Fsp3) is 0.500. The van der Waals surface area contributed by atoms with E-state index in [2.05, 4.69) is 10.1 Å². The van der Waals surface area contributed by atoms with Crippen LogP contribution in [0.25, 0.3) is 0 Å². The molecule has 0 bridgehead atoms. The molecule has 1 aliphatic heterocycles. The molecule has 1 aliphatic rings. The van der Waals surface area contributed by atoms with Gasteiger partial charge in [0.2, 0.25) is 5.88 Å². The third kappa shape index (κ3) is 3.10. The molecular formula is C12H17N3O3. The van der Waals surface area contributed by atoms with E-state index in [1.165, 1.54) is 0 Å². The van der Waals surface area contributed by atoms with Crippen LogP contribution >= 0.6 is 0 Å². The molecule has 1 saturated heterocycles. The molecule has 3 N–H and O–H groups in total. The van der Waals surface area contributed by atoms with Gasteiger partial charge in [-0.05, 0) is 31.4 Å². The molecule has 6 heteroatoms. The van der Waals surface area contributed by atoms with Crippen molar-refractivity contribution in [1.29, 1.82) is 0 Å². The smallest absolute Gasteiger partial charge is 0.224 e. The van der Waals surface area contributed by atoms with E-state index >= 15 is 0 Å². The van der Waals surface area contributed by atoms with E-state index < -0.39 is 0 Å². The molecular weight excluding hydrogens is 234 g/mol. The number of rotatable bonds is 4. The Hall–Kier alpha value is -1.82. The second kappa shape index (κ2) is 6.20. The quantitative estimate of drug-likeness (QED) is 0.362. The third-order valence-electron chi connectivity index (χ3n) is 2.83. The average molecular weight is 251 g/mol. The maximum absolute atomic E-state index is 8.68. The van der Waals surface area contributed by atoms with Crippen molar-refractivity contribution in [3.05, 3.63) is 23.9 Å². The van der Waals surface area contributed by atoms with Crippen LogP contribution in [0.15, 0.2) is 23.5 Å². The summed E-state index contributed by atoms with van der Waals surface area (Å²) in [4.78, 5) is 4.08.